The molecule has 3 aromatic rings. The van der Waals surface area contributed by atoms with Gasteiger partial charge in [-0.25, -0.2) is 9.97 Å². The van der Waals surface area contributed by atoms with Gasteiger partial charge in [0.25, 0.3) is 0 Å². The molecule has 8 heteroatoms. The lowest BCUT2D eigenvalue weighted by molar-refractivity contribution is -0.116. The molecule has 112 valence electrons. The molecule has 0 aliphatic heterocycles. The highest BCUT2D eigenvalue weighted by atomic mass is 16.1. The number of nitrogens with one attached hydrogen (secondary N) is 1. The number of amides is 1. The Morgan fingerprint density at radius 3 is 2.91 bits per heavy atom. The third-order valence-electron chi connectivity index (χ3n) is 3.21. The fourth-order valence-corrected chi connectivity index (χ4v) is 2.26. The second-order valence-electron chi connectivity index (χ2n) is 4.87. The molecular weight excluding hydrogens is 282 g/mol. The number of pyridine rings is 1. The monoisotopic (exact) mass is 297 g/mol. The van der Waals surface area contributed by atoms with E-state index >= 15 is 0 Å². The number of hydrogen-bond donors (Lipinski definition) is 2. The van der Waals surface area contributed by atoms with Gasteiger partial charge in [-0.15, -0.1) is 0 Å². The maximum Gasteiger partial charge on any atom is 0.236 e. The van der Waals surface area contributed by atoms with Crippen LogP contribution in [0.15, 0.2) is 24.5 Å². The first-order valence-corrected chi connectivity index (χ1v) is 6.70. The Labute approximate surface area is 126 Å². The van der Waals surface area contributed by atoms with E-state index in [4.69, 9.17) is 5.73 Å². The van der Waals surface area contributed by atoms with Crippen molar-refractivity contribution < 1.29 is 4.79 Å². The average molecular weight is 297 g/mol. The van der Waals surface area contributed by atoms with Crippen LogP contribution in [0.2, 0.25) is 0 Å². The van der Waals surface area contributed by atoms with Crippen LogP contribution in [-0.2, 0) is 11.8 Å². The van der Waals surface area contributed by atoms with Crippen molar-refractivity contribution in [2.24, 2.45) is 12.8 Å². The molecule has 0 aliphatic carbocycles. The third-order valence-corrected chi connectivity index (χ3v) is 3.21. The number of anilines is 1. The molecule has 8 nitrogen and oxygen atoms in total. The van der Waals surface area contributed by atoms with Crippen molar-refractivity contribution in [3.05, 3.63) is 30.2 Å². The number of fused-ring (bicyclic) bond motifs is 1. The lowest BCUT2D eigenvalue weighted by atomic mass is 10.2. The summed E-state index contributed by atoms with van der Waals surface area (Å²) in [5.74, 6) is 0.583. The first-order valence-electron chi connectivity index (χ1n) is 6.70. The summed E-state index contributed by atoms with van der Waals surface area (Å²) in [7, 11) is 1.81. The minimum Gasteiger partial charge on any atom is -0.368 e. The van der Waals surface area contributed by atoms with Crippen LogP contribution in [0.4, 0.5) is 5.82 Å². The van der Waals surface area contributed by atoms with Gasteiger partial charge in [0.05, 0.1) is 17.6 Å². The molecule has 0 radical (unpaired) electrons. The van der Waals surface area contributed by atoms with Crippen molar-refractivity contribution in [2.45, 2.75) is 6.92 Å². The number of aryl methyl sites for hydroxylation is 2. The van der Waals surface area contributed by atoms with Gasteiger partial charge < -0.3 is 11.1 Å². The van der Waals surface area contributed by atoms with Crippen molar-refractivity contribution in [3.63, 3.8) is 0 Å². The molecule has 3 N–H and O–H groups in total. The molecule has 22 heavy (non-hydrogen) atoms. The molecule has 0 aromatic carbocycles. The average Bonchev–Trinajstić information content (AvgIpc) is 2.80. The summed E-state index contributed by atoms with van der Waals surface area (Å²) in [6, 6.07) is 3.68. The van der Waals surface area contributed by atoms with E-state index < -0.39 is 5.91 Å². The highest BCUT2D eigenvalue weighted by molar-refractivity contribution is 5.92. The molecule has 0 saturated heterocycles. The van der Waals surface area contributed by atoms with Crippen LogP contribution in [0.5, 0.6) is 0 Å². The molecule has 0 unspecified atom stereocenters. The van der Waals surface area contributed by atoms with E-state index in [1.54, 1.807) is 17.1 Å². The molecule has 3 heterocycles. The Bertz CT molecular complexity index is 841. The van der Waals surface area contributed by atoms with E-state index in [0.29, 0.717) is 17.3 Å². The normalized spacial score (nSPS) is 10.8. The van der Waals surface area contributed by atoms with Gasteiger partial charge in [0.15, 0.2) is 11.5 Å². The van der Waals surface area contributed by atoms with Gasteiger partial charge in [-0.3, -0.25) is 14.5 Å². The number of aromatic nitrogens is 5. The lowest BCUT2D eigenvalue weighted by Crippen LogP contribution is -2.22. The fourth-order valence-electron chi connectivity index (χ4n) is 2.26. The van der Waals surface area contributed by atoms with Gasteiger partial charge in [0.2, 0.25) is 5.91 Å². The molecule has 0 aliphatic rings. The maximum absolute atomic E-state index is 11.0. The van der Waals surface area contributed by atoms with Gasteiger partial charge in [-0.05, 0) is 19.1 Å². The zero-order chi connectivity index (χ0) is 15.7. The molecular formula is C14H15N7O. The summed E-state index contributed by atoms with van der Waals surface area (Å²) < 4.78 is 1.68. The molecule has 1 amide bonds. The summed E-state index contributed by atoms with van der Waals surface area (Å²) in [6.07, 6.45) is 3.37. The summed E-state index contributed by atoms with van der Waals surface area (Å²) in [5, 5.41) is 8.08. The Kier molecular flexibility index (Phi) is 3.42. The number of nitrogens with two attached hydrogens (primary N) is 1. The topological polar surface area (TPSA) is 112 Å². The number of primary amides is 1. The first kappa shape index (κ1) is 13.9. The van der Waals surface area contributed by atoms with Crippen molar-refractivity contribution in [1.82, 2.24) is 24.7 Å². The number of nitrogens with zero attached hydrogens (tertiary/aromatic N) is 5. The van der Waals surface area contributed by atoms with Crippen molar-refractivity contribution in [3.8, 4) is 11.4 Å². The Balaban J connectivity index is 2.19. The Morgan fingerprint density at radius 1 is 1.41 bits per heavy atom. The van der Waals surface area contributed by atoms with E-state index in [1.165, 1.54) is 0 Å². The molecule has 0 saturated carbocycles. The van der Waals surface area contributed by atoms with Gasteiger partial charge >= 0.3 is 0 Å². The van der Waals surface area contributed by atoms with Crippen LogP contribution in [0.3, 0.4) is 0 Å². The van der Waals surface area contributed by atoms with Crippen molar-refractivity contribution in [2.75, 3.05) is 11.9 Å². The largest absolute Gasteiger partial charge is 0.368 e. The molecule has 0 bridgehead atoms. The number of carbonyl (C=O) groups excluding carboxylic acids is 1. The molecule has 0 spiro atoms. The minimum atomic E-state index is -0.462. The van der Waals surface area contributed by atoms with Crippen LogP contribution in [-0.4, -0.2) is 37.2 Å². The third kappa shape index (κ3) is 2.46. The fraction of sp³-hybridized carbons (Fsp3) is 0.214. The summed E-state index contributed by atoms with van der Waals surface area (Å²) in [4.78, 5) is 24.2. The molecule has 0 atom stereocenters. The Morgan fingerprint density at radius 2 is 2.23 bits per heavy atom. The molecule has 3 rings (SSSR count). The molecule has 0 fully saturated rings. The van der Waals surface area contributed by atoms with Gasteiger partial charge in [-0.1, -0.05) is 0 Å². The predicted octanol–water partition coefficient (Wildman–Crippen LogP) is 0.631. The highest BCUT2D eigenvalue weighted by Crippen LogP contribution is 2.26. The van der Waals surface area contributed by atoms with E-state index in [0.717, 1.165) is 16.6 Å². The smallest absolute Gasteiger partial charge is 0.236 e. The number of hydrogen-bond acceptors (Lipinski definition) is 6. The second-order valence-corrected chi connectivity index (χ2v) is 4.87. The lowest BCUT2D eigenvalue weighted by Gasteiger charge is -2.08. The number of carbonyl (C=O) groups is 1. The van der Waals surface area contributed by atoms with E-state index in [9.17, 15) is 4.79 Å². The van der Waals surface area contributed by atoms with Crippen LogP contribution >= 0.6 is 0 Å². The minimum absolute atomic E-state index is 0.00702. The van der Waals surface area contributed by atoms with E-state index in [1.807, 2.05) is 26.1 Å². The zero-order valence-corrected chi connectivity index (χ0v) is 12.2. The Hall–Kier alpha value is -3.03. The maximum atomic E-state index is 11.0. The second kappa shape index (κ2) is 5.40. The predicted molar refractivity (Wildman–Crippen MR) is 82.0 cm³/mol. The van der Waals surface area contributed by atoms with E-state index in [2.05, 4.69) is 25.4 Å². The SMILES string of the molecule is Cc1nn(C)c2nc(-c3cccnc3)nc(NCC(N)=O)c12. The van der Waals surface area contributed by atoms with E-state index in [-0.39, 0.29) is 6.54 Å². The van der Waals surface area contributed by atoms with Gasteiger partial charge in [0, 0.05) is 25.0 Å². The van der Waals surface area contributed by atoms with Crippen molar-refractivity contribution >= 4 is 22.8 Å². The summed E-state index contributed by atoms with van der Waals surface area (Å²) in [6.45, 7) is 1.86. The van der Waals surface area contributed by atoms with Gasteiger partial charge in [-0.2, -0.15) is 5.10 Å². The highest BCUT2D eigenvalue weighted by Gasteiger charge is 2.16. The van der Waals surface area contributed by atoms with Crippen molar-refractivity contribution in [1.29, 1.82) is 0 Å². The first-order chi connectivity index (χ1) is 10.6. The molecule has 3 aromatic heterocycles. The van der Waals surface area contributed by atoms with Gasteiger partial charge in [0.1, 0.15) is 5.82 Å². The quantitative estimate of drug-likeness (QED) is 0.730. The summed E-state index contributed by atoms with van der Waals surface area (Å²) >= 11 is 0. The van der Waals surface area contributed by atoms with Crippen LogP contribution in [0, 0.1) is 6.92 Å². The van der Waals surface area contributed by atoms with Crippen LogP contribution in [0.25, 0.3) is 22.4 Å². The summed E-state index contributed by atoms with van der Waals surface area (Å²) in [5.41, 5.74) is 7.44. The zero-order valence-electron chi connectivity index (χ0n) is 12.2. The number of rotatable bonds is 4. The van der Waals surface area contributed by atoms with Crippen LogP contribution in [0.1, 0.15) is 5.69 Å². The standard InChI is InChI=1S/C14H15N7O/c1-8-11-13(17-7-10(15)22)18-12(9-4-3-5-16-6-9)19-14(11)21(2)20-8/h3-6H,7H2,1-2H3,(H2,15,22)(H,17,18,19). The van der Waals surface area contributed by atoms with Crippen LogP contribution < -0.4 is 11.1 Å².